The van der Waals surface area contributed by atoms with E-state index in [4.69, 9.17) is 29.6 Å². The highest BCUT2D eigenvalue weighted by atomic mass is 35.5. The molecule has 4 heteroatoms. The summed E-state index contributed by atoms with van der Waals surface area (Å²) in [5, 5.41) is 0.780. The van der Waals surface area contributed by atoms with Crippen LogP contribution in [-0.2, 0) is 5.75 Å². The summed E-state index contributed by atoms with van der Waals surface area (Å²) in [6, 6.07) is 7.89. The molecule has 0 unspecified atom stereocenters. The molecule has 0 saturated heterocycles. The minimum atomic E-state index is 0.591. The molecule has 0 fully saturated rings. The number of rotatable bonds is 5. The second-order valence-electron chi connectivity index (χ2n) is 2.90. The topological polar surface area (TPSA) is 26.0 Å². The first-order valence-electron chi connectivity index (χ1n) is 4.29. The SMILES string of the molecule is NC(=S)CCSCc1ccc(Cl)cc1. The van der Waals surface area contributed by atoms with E-state index in [2.05, 4.69) is 0 Å². The van der Waals surface area contributed by atoms with E-state index in [1.807, 2.05) is 36.0 Å². The van der Waals surface area contributed by atoms with E-state index in [-0.39, 0.29) is 0 Å². The van der Waals surface area contributed by atoms with Crippen LogP contribution in [-0.4, -0.2) is 10.7 Å². The van der Waals surface area contributed by atoms with Gasteiger partial charge in [0.15, 0.2) is 0 Å². The number of thiocarbonyl (C=S) groups is 1. The molecule has 0 atom stereocenters. The van der Waals surface area contributed by atoms with E-state index in [9.17, 15) is 0 Å². The fourth-order valence-electron chi connectivity index (χ4n) is 0.943. The monoisotopic (exact) mass is 245 g/mol. The molecule has 1 aromatic carbocycles. The highest BCUT2D eigenvalue weighted by molar-refractivity contribution is 7.98. The molecular formula is C10H12ClNS2. The van der Waals surface area contributed by atoms with E-state index in [0.717, 1.165) is 22.9 Å². The van der Waals surface area contributed by atoms with Crippen molar-refractivity contribution in [2.45, 2.75) is 12.2 Å². The predicted molar refractivity (Wildman–Crippen MR) is 69.0 cm³/mol. The lowest BCUT2D eigenvalue weighted by Gasteiger charge is -2.01. The quantitative estimate of drug-likeness (QED) is 0.637. The van der Waals surface area contributed by atoms with Crippen LogP contribution < -0.4 is 5.73 Å². The molecule has 0 amide bonds. The molecule has 0 heterocycles. The van der Waals surface area contributed by atoms with Crippen LogP contribution in [0.3, 0.4) is 0 Å². The van der Waals surface area contributed by atoms with Gasteiger partial charge in [0.2, 0.25) is 0 Å². The number of nitrogens with two attached hydrogens (primary N) is 1. The Morgan fingerprint density at radius 1 is 1.36 bits per heavy atom. The van der Waals surface area contributed by atoms with Crippen LogP contribution in [0.15, 0.2) is 24.3 Å². The minimum absolute atomic E-state index is 0.591. The lowest BCUT2D eigenvalue weighted by atomic mass is 10.2. The van der Waals surface area contributed by atoms with Crippen molar-refractivity contribution in [3.63, 3.8) is 0 Å². The van der Waals surface area contributed by atoms with Crippen LogP contribution in [0.2, 0.25) is 5.02 Å². The zero-order valence-corrected chi connectivity index (χ0v) is 10.1. The van der Waals surface area contributed by atoms with Gasteiger partial charge in [-0.15, -0.1) is 0 Å². The summed E-state index contributed by atoms with van der Waals surface area (Å²) in [5.41, 5.74) is 6.67. The minimum Gasteiger partial charge on any atom is -0.393 e. The van der Waals surface area contributed by atoms with Gasteiger partial charge >= 0.3 is 0 Å². The molecule has 0 aliphatic heterocycles. The smallest absolute Gasteiger partial charge is 0.0735 e. The second kappa shape index (κ2) is 6.27. The molecule has 0 spiro atoms. The summed E-state index contributed by atoms with van der Waals surface area (Å²) < 4.78 is 0. The third kappa shape index (κ3) is 4.84. The van der Waals surface area contributed by atoms with Crippen LogP contribution in [0.5, 0.6) is 0 Å². The van der Waals surface area contributed by atoms with Crippen LogP contribution in [0.1, 0.15) is 12.0 Å². The van der Waals surface area contributed by atoms with Gasteiger partial charge in [0.1, 0.15) is 0 Å². The average Bonchev–Trinajstić information content (AvgIpc) is 2.15. The van der Waals surface area contributed by atoms with Crippen LogP contribution in [0, 0.1) is 0 Å². The number of halogens is 1. The van der Waals surface area contributed by atoms with Gasteiger partial charge in [0, 0.05) is 17.2 Å². The Morgan fingerprint density at radius 2 is 2.00 bits per heavy atom. The van der Waals surface area contributed by atoms with Gasteiger partial charge in [-0.05, 0) is 23.4 Å². The van der Waals surface area contributed by atoms with Gasteiger partial charge in [-0.25, -0.2) is 0 Å². The molecule has 76 valence electrons. The third-order valence-corrected chi connectivity index (χ3v) is 3.16. The molecule has 2 N–H and O–H groups in total. The number of benzene rings is 1. The Kier molecular flexibility index (Phi) is 5.30. The second-order valence-corrected chi connectivity index (χ2v) is 4.96. The standard InChI is InChI=1S/C10H12ClNS2/c11-9-3-1-8(2-4-9)7-14-6-5-10(12)13/h1-4H,5-7H2,(H2,12,13). The van der Waals surface area contributed by atoms with E-state index in [0.29, 0.717) is 4.99 Å². The van der Waals surface area contributed by atoms with E-state index < -0.39 is 0 Å². The Labute approximate surface area is 99.0 Å². The van der Waals surface area contributed by atoms with Crippen molar-refractivity contribution >= 4 is 40.6 Å². The Bertz CT molecular complexity index is 297. The number of hydrogen-bond acceptors (Lipinski definition) is 2. The van der Waals surface area contributed by atoms with Crippen LogP contribution in [0.4, 0.5) is 0 Å². The molecule has 0 radical (unpaired) electrons. The summed E-state index contributed by atoms with van der Waals surface area (Å²) >= 11 is 12.4. The summed E-state index contributed by atoms with van der Waals surface area (Å²) in [4.78, 5) is 0.591. The normalized spacial score (nSPS) is 10.1. The molecule has 1 nitrogen and oxygen atoms in total. The van der Waals surface area contributed by atoms with Gasteiger partial charge in [0.05, 0.1) is 4.99 Å². The van der Waals surface area contributed by atoms with Crippen molar-refractivity contribution in [2.75, 3.05) is 5.75 Å². The van der Waals surface area contributed by atoms with Gasteiger partial charge in [-0.1, -0.05) is 36.0 Å². The van der Waals surface area contributed by atoms with Gasteiger partial charge < -0.3 is 5.73 Å². The molecule has 1 aromatic rings. The van der Waals surface area contributed by atoms with Gasteiger partial charge in [0.25, 0.3) is 0 Å². The molecule has 14 heavy (non-hydrogen) atoms. The van der Waals surface area contributed by atoms with Crippen molar-refractivity contribution in [2.24, 2.45) is 5.73 Å². The first kappa shape index (κ1) is 11.8. The summed E-state index contributed by atoms with van der Waals surface area (Å²) in [5.74, 6) is 1.97. The van der Waals surface area contributed by atoms with Gasteiger partial charge in [-0.3, -0.25) is 0 Å². The maximum Gasteiger partial charge on any atom is 0.0735 e. The van der Waals surface area contributed by atoms with Crippen molar-refractivity contribution < 1.29 is 0 Å². The molecule has 0 aromatic heterocycles. The van der Waals surface area contributed by atoms with Gasteiger partial charge in [-0.2, -0.15) is 11.8 Å². The van der Waals surface area contributed by atoms with Crippen molar-refractivity contribution in [3.05, 3.63) is 34.9 Å². The highest BCUT2D eigenvalue weighted by Gasteiger charge is 1.95. The molecule has 0 saturated carbocycles. The van der Waals surface area contributed by atoms with E-state index in [1.165, 1.54) is 5.56 Å². The largest absolute Gasteiger partial charge is 0.393 e. The molecular weight excluding hydrogens is 234 g/mol. The zero-order valence-electron chi connectivity index (χ0n) is 7.70. The first-order valence-corrected chi connectivity index (χ1v) is 6.23. The maximum atomic E-state index is 5.77. The highest BCUT2D eigenvalue weighted by Crippen LogP contribution is 2.15. The fraction of sp³-hybridized carbons (Fsp3) is 0.300. The van der Waals surface area contributed by atoms with Crippen molar-refractivity contribution in [1.82, 2.24) is 0 Å². The van der Waals surface area contributed by atoms with Crippen LogP contribution >= 0.6 is 35.6 Å². The summed E-state index contributed by atoms with van der Waals surface area (Å²) in [6.07, 6.45) is 0.813. The maximum absolute atomic E-state index is 5.77. The molecule has 0 bridgehead atoms. The summed E-state index contributed by atoms with van der Waals surface area (Å²) in [6.45, 7) is 0. The van der Waals surface area contributed by atoms with Crippen molar-refractivity contribution in [1.29, 1.82) is 0 Å². The Hall–Kier alpha value is -0.250. The fourth-order valence-corrected chi connectivity index (χ4v) is 2.24. The van der Waals surface area contributed by atoms with Crippen LogP contribution in [0.25, 0.3) is 0 Å². The lowest BCUT2D eigenvalue weighted by Crippen LogP contribution is -2.08. The molecule has 0 aliphatic rings. The average molecular weight is 246 g/mol. The van der Waals surface area contributed by atoms with E-state index in [1.54, 1.807) is 0 Å². The van der Waals surface area contributed by atoms with Crippen molar-refractivity contribution in [3.8, 4) is 0 Å². The Morgan fingerprint density at radius 3 is 2.57 bits per heavy atom. The first-order chi connectivity index (χ1) is 6.68. The molecule has 1 rings (SSSR count). The predicted octanol–water partition coefficient (Wildman–Crippen LogP) is 3.25. The summed E-state index contributed by atoms with van der Waals surface area (Å²) in [7, 11) is 0. The molecule has 0 aliphatic carbocycles. The Balaban J connectivity index is 2.25. The number of thioether (sulfide) groups is 1. The third-order valence-electron chi connectivity index (χ3n) is 1.67. The van der Waals surface area contributed by atoms with E-state index >= 15 is 0 Å². The zero-order chi connectivity index (χ0) is 10.4. The lowest BCUT2D eigenvalue weighted by molar-refractivity contribution is 1.30. The number of hydrogen-bond donors (Lipinski definition) is 1.